The molecule has 146 valence electrons. The highest BCUT2D eigenvalue weighted by atomic mass is 16.5. The van der Waals surface area contributed by atoms with Crippen molar-refractivity contribution in [3.63, 3.8) is 0 Å². The summed E-state index contributed by atoms with van der Waals surface area (Å²) in [6.45, 7) is 2.34. The van der Waals surface area contributed by atoms with E-state index in [1.807, 2.05) is 6.07 Å². The van der Waals surface area contributed by atoms with Crippen LogP contribution in [0.2, 0.25) is 0 Å². The second-order valence-corrected chi connectivity index (χ2v) is 6.76. The van der Waals surface area contributed by atoms with Crippen LogP contribution < -0.4 is 10.6 Å². The van der Waals surface area contributed by atoms with Gasteiger partial charge in [-0.3, -0.25) is 9.59 Å². The minimum atomic E-state index is -0.436. The molecule has 0 aliphatic carbocycles. The van der Waals surface area contributed by atoms with Gasteiger partial charge in [0.25, 0.3) is 11.8 Å². The lowest BCUT2D eigenvalue weighted by Gasteiger charge is -2.17. The molecule has 1 aliphatic rings. The molecule has 2 N–H and O–H groups in total. The van der Waals surface area contributed by atoms with Crippen LogP contribution in [-0.4, -0.2) is 26.5 Å². The minimum absolute atomic E-state index is 0.170. The average molecular weight is 390 g/mol. The molecule has 29 heavy (non-hydrogen) atoms. The topological polar surface area (TPSA) is 126 Å². The number of fused-ring (bicyclic) bond motifs is 1. The number of nitrogens with zero attached hydrogens (tertiary/aromatic N) is 4. The maximum Gasteiger partial charge on any atom is 0.291 e. The molecular formula is C20H18N6O3. The van der Waals surface area contributed by atoms with Gasteiger partial charge in [-0.2, -0.15) is 5.26 Å². The summed E-state index contributed by atoms with van der Waals surface area (Å²) in [6, 6.07) is 10.3. The van der Waals surface area contributed by atoms with Crippen LogP contribution in [0.5, 0.6) is 0 Å². The fourth-order valence-corrected chi connectivity index (χ4v) is 3.35. The molecular weight excluding hydrogens is 372 g/mol. The molecule has 3 aromatic rings. The van der Waals surface area contributed by atoms with Gasteiger partial charge in [-0.15, -0.1) is 0 Å². The Morgan fingerprint density at radius 1 is 1.21 bits per heavy atom. The zero-order valence-corrected chi connectivity index (χ0v) is 15.7. The molecule has 0 atom stereocenters. The molecule has 9 heteroatoms. The molecule has 9 nitrogen and oxygen atoms in total. The number of amides is 2. The normalized spacial score (nSPS) is 12.7. The van der Waals surface area contributed by atoms with Crippen LogP contribution in [0.1, 0.15) is 51.0 Å². The molecule has 0 unspecified atom stereocenters. The number of carbonyl (C=O) groups excluding carboxylic acids is 2. The van der Waals surface area contributed by atoms with E-state index in [2.05, 4.69) is 20.8 Å². The molecule has 4 rings (SSSR count). The van der Waals surface area contributed by atoms with Crippen LogP contribution in [0.3, 0.4) is 0 Å². The zero-order chi connectivity index (χ0) is 20.4. The Labute approximate surface area is 166 Å². The third-order valence-corrected chi connectivity index (χ3v) is 4.66. The van der Waals surface area contributed by atoms with Crippen molar-refractivity contribution in [3.8, 4) is 6.07 Å². The first-order valence-corrected chi connectivity index (χ1v) is 9.21. The molecule has 0 spiro atoms. The number of aryl methyl sites for hydroxylation is 1. The summed E-state index contributed by atoms with van der Waals surface area (Å²) in [6.07, 6.45) is 2.47. The lowest BCUT2D eigenvalue weighted by Crippen LogP contribution is -2.21. The number of nitrogens with one attached hydrogen (secondary N) is 2. The molecule has 1 aliphatic heterocycles. The predicted octanol–water partition coefficient (Wildman–Crippen LogP) is 2.89. The Balaban J connectivity index is 1.62. The summed E-state index contributed by atoms with van der Waals surface area (Å²) in [7, 11) is 0. The first-order valence-electron chi connectivity index (χ1n) is 9.21. The highest BCUT2D eigenvalue weighted by molar-refractivity contribution is 6.06. The van der Waals surface area contributed by atoms with Crippen LogP contribution >= 0.6 is 0 Å². The van der Waals surface area contributed by atoms with E-state index in [4.69, 9.17) is 9.78 Å². The number of hydrogen-bond acceptors (Lipinski definition) is 6. The molecule has 1 aromatic carbocycles. The maximum absolute atomic E-state index is 12.8. The standard InChI is InChI=1S/C20H18N6O3/c1-12-9-16(25-29-12)23-19(27)17-15-7-2-3-8-26(15)18(24-17)20(28)22-14-6-4-5-13(10-14)11-21/h4-6,9-10H,2-3,7-8H2,1H3,(H,22,28)(H,23,25,27). The van der Waals surface area contributed by atoms with Gasteiger partial charge in [0.1, 0.15) is 5.76 Å². The van der Waals surface area contributed by atoms with Crippen molar-refractivity contribution in [3.05, 3.63) is 58.9 Å². The van der Waals surface area contributed by atoms with Crippen molar-refractivity contribution in [1.29, 1.82) is 5.26 Å². The lowest BCUT2D eigenvalue weighted by molar-refractivity contribution is 0.101. The van der Waals surface area contributed by atoms with Gasteiger partial charge in [-0.1, -0.05) is 11.2 Å². The second kappa shape index (κ2) is 7.59. The summed E-state index contributed by atoms with van der Waals surface area (Å²) in [5.41, 5.74) is 1.87. The average Bonchev–Trinajstić information content (AvgIpc) is 3.31. The van der Waals surface area contributed by atoms with Crippen LogP contribution in [0.15, 0.2) is 34.9 Å². The van der Waals surface area contributed by atoms with E-state index in [-0.39, 0.29) is 11.5 Å². The monoisotopic (exact) mass is 390 g/mol. The number of hydrogen-bond donors (Lipinski definition) is 2. The summed E-state index contributed by atoms with van der Waals surface area (Å²) in [5.74, 6) is 0.175. The van der Waals surface area contributed by atoms with Gasteiger partial charge < -0.3 is 19.7 Å². The molecule has 0 bridgehead atoms. The molecule has 0 saturated carbocycles. The van der Waals surface area contributed by atoms with Crippen LogP contribution in [-0.2, 0) is 13.0 Å². The maximum atomic E-state index is 12.8. The lowest BCUT2D eigenvalue weighted by atomic mass is 10.1. The van der Waals surface area contributed by atoms with Gasteiger partial charge in [0, 0.05) is 18.3 Å². The highest BCUT2D eigenvalue weighted by Gasteiger charge is 2.28. The van der Waals surface area contributed by atoms with Gasteiger partial charge in [-0.05, 0) is 44.4 Å². The number of aromatic nitrogens is 3. The van der Waals surface area contributed by atoms with E-state index >= 15 is 0 Å². The Morgan fingerprint density at radius 3 is 2.83 bits per heavy atom. The van der Waals surface area contributed by atoms with E-state index in [9.17, 15) is 9.59 Å². The van der Waals surface area contributed by atoms with Crippen molar-refractivity contribution < 1.29 is 14.1 Å². The van der Waals surface area contributed by atoms with E-state index in [1.165, 1.54) is 0 Å². The van der Waals surface area contributed by atoms with Crippen LogP contribution in [0, 0.1) is 18.3 Å². The smallest absolute Gasteiger partial charge is 0.291 e. The Morgan fingerprint density at radius 2 is 2.07 bits per heavy atom. The van der Waals surface area contributed by atoms with E-state index in [0.717, 1.165) is 18.5 Å². The first kappa shape index (κ1) is 18.4. The summed E-state index contributed by atoms with van der Waals surface area (Å²) >= 11 is 0. The third kappa shape index (κ3) is 3.73. The van der Waals surface area contributed by atoms with Gasteiger partial charge >= 0.3 is 0 Å². The first-order chi connectivity index (χ1) is 14.0. The quantitative estimate of drug-likeness (QED) is 0.705. The molecule has 2 aromatic heterocycles. The molecule has 0 fully saturated rings. The van der Waals surface area contributed by atoms with Crippen molar-refractivity contribution in [2.45, 2.75) is 32.7 Å². The summed E-state index contributed by atoms with van der Waals surface area (Å²) in [5, 5.41) is 18.2. The van der Waals surface area contributed by atoms with Crippen molar-refractivity contribution in [2.75, 3.05) is 10.6 Å². The van der Waals surface area contributed by atoms with Gasteiger partial charge in [0.2, 0.25) is 0 Å². The number of anilines is 2. The summed E-state index contributed by atoms with van der Waals surface area (Å²) in [4.78, 5) is 29.9. The fraction of sp³-hybridized carbons (Fsp3) is 0.250. The van der Waals surface area contributed by atoms with Crippen molar-refractivity contribution >= 4 is 23.3 Å². The fourth-order valence-electron chi connectivity index (χ4n) is 3.35. The van der Waals surface area contributed by atoms with Gasteiger partial charge in [0.05, 0.1) is 17.3 Å². The number of nitriles is 1. The van der Waals surface area contributed by atoms with Crippen LogP contribution in [0.25, 0.3) is 0 Å². The van der Waals surface area contributed by atoms with Crippen LogP contribution in [0.4, 0.5) is 11.5 Å². The predicted molar refractivity (Wildman–Crippen MR) is 103 cm³/mol. The minimum Gasteiger partial charge on any atom is -0.360 e. The third-order valence-electron chi connectivity index (χ3n) is 4.66. The Kier molecular flexibility index (Phi) is 4.83. The summed E-state index contributed by atoms with van der Waals surface area (Å²) < 4.78 is 6.75. The zero-order valence-electron chi connectivity index (χ0n) is 15.7. The Bertz CT molecular complexity index is 1140. The number of imidazole rings is 1. The SMILES string of the molecule is Cc1cc(NC(=O)c2nc(C(=O)Nc3cccc(C#N)c3)n3c2CCCC3)no1. The molecule has 0 saturated heterocycles. The van der Waals surface area contributed by atoms with E-state index in [1.54, 1.807) is 41.8 Å². The number of carbonyl (C=O) groups is 2. The van der Waals surface area contributed by atoms with Crippen molar-refractivity contribution in [2.24, 2.45) is 0 Å². The highest BCUT2D eigenvalue weighted by Crippen LogP contribution is 2.23. The number of rotatable bonds is 4. The largest absolute Gasteiger partial charge is 0.360 e. The van der Waals surface area contributed by atoms with Crippen molar-refractivity contribution in [1.82, 2.24) is 14.7 Å². The van der Waals surface area contributed by atoms with E-state index in [0.29, 0.717) is 35.8 Å². The number of benzene rings is 1. The van der Waals surface area contributed by atoms with Gasteiger partial charge in [0.15, 0.2) is 17.3 Å². The molecule has 2 amide bonds. The van der Waals surface area contributed by atoms with E-state index < -0.39 is 11.8 Å². The van der Waals surface area contributed by atoms with Gasteiger partial charge in [-0.25, -0.2) is 4.98 Å². The second-order valence-electron chi connectivity index (χ2n) is 6.76. The molecule has 0 radical (unpaired) electrons. The molecule has 3 heterocycles. The Hall–Kier alpha value is -3.93.